The highest BCUT2D eigenvalue weighted by molar-refractivity contribution is 7.71. The van der Waals surface area contributed by atoms with E-state index >= 15 is 0 Å². The van der Waals surface area contributed by atoms with E-state index in [1.165, 1.54) is 62.0 Å². The van der Waals surface area contributed by atoms with Crippen LogP contribution in [0.2, 0.25) is 0 Å². The molecule has 0 aromatic carbocycles. The van der Waals surface area contributed by atoms with Crippen molar-refractivity contribution in [2.24, 2.45) is 5.92 Å². The average molecular weight is 276 g/mol. The van der Waals surface area contributed by atoms with Gasteiger partial charge in [0.05, 0.1) is 0 Å². The summed E-state index contributed by atoms with van der Waals surface area (Å²) >= 11 is 5.55. The molecule has 0 radical (unpaired) electrons. The lowest BCUT2D eigenvalue weighted by molar-refractivity contribution is 0.339. The van der Waals surface area contributed by atoms with Gasteiger partial charge in [0.15, 0.2) is 0 Å². The summed E-state index contributed by atoms with van der Waals surface area (Å²) in [5.74, 6) is 2.68. The van der Waals surface area contributed by atoms with E-state index in [1.54, 1.807) is 0 Å². The number of H-pyrrole nitrogens is 1. The van der Waals surface area contributed by atoms with Gasteiger partial charge in [0, 0.05) is 17.2 Å². The second kappa shape index (κ2) is 5.74. The van der Waals surface area contributed by atoms with E-state index in [0.717, 1.165) is 23.4 Å². The Kier molecular flexibility index (Phi) is 4.01. The smallest absolute Gasteiger partial charge is 0.133 e. The summed E-state index contributed by atoms with van der Waals surface area (Å²) < 4.78 is 0.879. The lowest BCUT2D eigenvalue weighted by atomic mass is 9.82. The number of nitrogens with one attached hydrogen (secondary N) is 1. The van der Waals surface area contributed by atoms with Crippen molar-refractivity contribution >= 4 is 12.2 Å². The molecule has 2 nitrogen and oxygen atoms in total. The van der Waals surface area contributed by atoms with E-state index in [0.29, 0.717) is 5.92 Å². The zero-order chi connectivity index (χ0) is 13.2. The van der Waals surface area contributed by atoms with Crippen LogP contribution >= 0.6 is 12.2 Å². The Bertz CT molecular complexity index is 498. The second-order valence-corrected chi connectivity index (χ2v) is 6.79. The van der Waals surface area contributed by atoms with Gasteiger partial charge in [-0.25, -0.2) is 4.98 Å². The van der Waals surface area contributed by atoms with E-state index < -0.39 is 0 Å². The van der Waals surface area contributed by atoms with Gasteiger partial charge >= 0.3 is 0 Å². The molecule has 0 bridgehead atoms. The number of aromatic amines is 1. The molecule has 1 fully saturated rings. The Morgan fingerprint density at radius 2 is 1.79 bits per heavy atom. The lowest BCUT2D eigenvalue weighted by Gasteiger charge is -2.26. The minimum absolute atomic E-state index is 0.617. The van der Waals surface area contributed by atoms with Crippen LogP contribution in [0.4, 0.5) is 0 Å². The highest BCUT2D eigenvalue weighted by Gasteiger charge is 2.23. The zero-order valence-electron chi connectivity index (χ0n) is 11.9. The highest BCUT2D eigenvalue weighted by atomic mass is 32.1. The summed E-state index contributed by atoms with van der Waals surface area (Å²) in [4.78, 5) is 8.39. The third-order valence-electron chi connectivity index (χ3n) is 4.88. The molecule has 1 saturated carbocycles. The number of hydrogen-bond acceptors (Lipinski definition) is 2. The maximum atomic E-state index is 5.55. The van der Waals surface area contributed by atoms with Crippen molar-refractivity contribution in [1.82, 2.24) is 9.97 Å². The molecule has 0 saturated heterocycles. The number of fused-ring (bicyclic) bond motifs is 1. The first-order chi connectivity index (χ1) is 9.24. The van der Waals surface area contributed by atoms with Crippen molar-refractivity contribution in [3.05, 3.63) is 21.7 Å². The fourth-order valence-corrected chi connectivity index (χ4v) is 3.87. The third-order valence-corrected chi connectivity index (χ3v) is 5.22. The minimum Gasteiger partial charge on any atom is -0.347 e. The van der Waals surface area contributed by atoms with Gasteiger partial charge in [0.25, 0.3) is 0 Å². The lowest BCUT2D eigenvalue weighted by Crippen LogP contribution is -2.15. The Morgan fingerprint density at radius 3 is 2.58 bits per heavy atom. The molecule has 0 amide bonds. The predicted molar refractivity (Wildman–Crippen MR) is 81.1 cm³/mol. The van der Waals surface area contributed by atoms with Crippen molar-refractivity contribution < 1.29 is 0 Å². The van der Waals surface area contributed by atoms with Gasteiger partial charge in [0.1, 0.15) is 10.5 Å². The Labute approximate surface area is 121 Å². The molecule has 0 atom stereocenters. The SMILES string of the molecule is CC1CCC(c2nc(=S)c3c([nH]2)CCCCC3)CC1. The summed E-state index contributed by atoms with van der Waals surface area (Å²) in [5.41, 5.74) is 2.73. The fourth-order valence-electron chi connectivity index (χ4n) is 3.54. The van der Waals surface area contributed by atoms with Crippen molar-refractivity contribution in [1.29, 1.82) is 0 Å². The van der Waals surface area contributed by atoms with Crippen molar-refractivity contribution in [2.45, 2.75) is 70.6 Å². The first-order valence-electron chi connectivity index (χ1n) is 7.86. The van der Waals surface area contributed by atoms with E-state index in [9.17, 15) is 0 Å². The molecule has 0 unspecified atom stereocenters. The topological polar surface area (TPSA) is 28.7 Å². The van der Waals surface area contributed by atoms with Crippen molar-refractivity contribution in [2.75, 3.05) is 0 Å². The second-order valence-electron chi connectivity index (χ2n) is 6.40. The quantitative estimate of drug-likeness (QED) is 0.595. The Hall–Kier alpha value is -0.700. The van der Waals surface area contributed by atoms with E-state index in [4.69, 9.17) is 17.2 Å². The Balaban J connectivity index is 1.89. The molecule has 0 spiro atoms. The predicted octanol–water partition coefficient (Wildman–Crippen LogP) is 4.70. The number of nitrogens with zero attached hydrogens (tertiary/aromatic N) is 1. The molecule has 1 N–H and O–H groups in total. The number of aryl methyl sites for hydroxylation is 1. The van der Waals surface area contributed by atoms with Gasteiger partial charge in [0.2, 0.25) is 0 Å². The van der Waals surface area contributed by atoms with Crippen LogP contribution in [-0.2, 0) is 12.8 Å². The summed E-state index contributed by atoms with van der Waals surface area (Å²) in [5, 5.41) is 0. The molecule has 3 heteroatoms. The molecule has 1 aromatic rings. The fraction of sp³-hybridized carbons (Fsp3) is 0.750. The molecule has 2 aliphatic rings. The molecular formula is C16H24N2S. The van der Waals surface area contributed by atoms with Gasteiger partial charge < -0.3 is 4.98 Å². The van der Waals surface area contributed by atoms with E-state index in [2.05, 4.69) is 11.9 Å². The molecule has 104 valence electrons. The van der Waals surface area contributed by atoms with Crippen molar-refractivity contribution in [3.63, 3.8) is 0 Å². The molecule has 19 heavy (non-hydrogen) atoms. The van der Waals surface area contributed by atoms with Gasteiger partial charge in [-0.05, 0) is 44.4 Å². The standard InChI is InChI=1S/C16H24N2S/c1-11-7-9-12(10-8-11)15-17-14-6-4-2-3-5-13(14)16(19)18-15/h11-12H,2-10H2,1H3,(H,17,18,19). The molecular weight excluding hydrogens is 252 g/mol. The van der Waals surface area contributed by atoms with Crippen molar-refractivity contribution in [3.8, 4) is 0 Å². The maximum Gasteiger partial charge on any atom is 0.133 e. The number of hydrogen-bond donors (Lipinski definition) is 1. The van der Waals surface area contributed by atoms with E-state index in [-0.39, 0.29) is 0 Å². The molecule has 2 aliphatic carbocycles. The van der Waals surface area contributed by atoms with Gasteiger partial charge in [-0.15, -0.1) is 0 Å². The Morgan fingerprint density at radius 1 is 1.05 bits per heavy atom. The molecule has 1 aromatic heterocycles. The highest BCUT2D eigenvalue weighted by Crippen LogP contribution is 2.34. The monoisotopic (exact) mass is 276 g/mol. The van der Waals surface area contributed by atoms with Gasteiger partial charge in [-0.3, -0.25) is 0 Å². The summed E-state index contributed by atoms with van der Waals surface area (Å²) in [7, 11) is 0. The first-order valence-corrected chi connectivity index (χ1v) is 8.27. The van der Waals surface area contributed by atoms with Crippen LogP contribution in [0.25, 0.3) is 0 Å². The number of aromatic nitrogens is 2. The molecule has 3 rings (SSSR count). The summed E-state index contributed by atoms with van der Waals surface area (Å²) in [6.07, 6.45) is 11.4. The van der Waals surface area contributed by atoms with Crippen LogP contribution in [0, 0.1) is 10.6 Å². The first kappa shape index (κ1) is 13.3. The number of rotatable bonds is 1. The summed E-state index contributed by atoms with van der Waals surface area (Å²) in [6, 6.07) is 0. The van der Waals surface area contributed by atoms with E-state index in [1.807, 2.05) is 0 Å². The summed E-state index contributed by atoms with van der Waals surface area (Å²) in [6.45, 7) is 2.36. The largest absolute Gasteiger partial charge is 0.347 e. The van der Waals surface area contributed by atoms with Crippen LogP contribution in [0.15, 0.2) is 0 Å². The van der Waals surface area contributed by atoms with Crippen LogP contribution in [0.1, 0.15) is 74.9 Å². The third kappa shape index (κ3) is 2.91. The molecule has 1 heterocycles. The van der Waals surface area contributed by atoms with Crippen LogP contribution in [0.3, 0.4) is 0 Å². The minimum atomic E-state index is 0.617. The molecule has 0 aliphatic heterocycles. The van der Waals surface area contributed by atoms with Crippen LogP contribution < -0.4 is 0 Å². The maximum absolute atomic E-state index is 5.55. The van der Waals surface area contributed by atoms with Crippen LogP contribution in [-0.4, -0.2) is 9.97 Å². The van der Waals surface area contributed by atoms with Gasteiger partial charge in [-0.1, -0.05) is 38.4 Å². The average Bonchev–Trinajstić information content (AvgIpc) is 2.65. The normalized spacial score (nSPS) is 27.6. The zero-order valence-corrected chi connectivity index (χ0v) is 12.7. The van der Waals surface area contributed by atoms with Crippen LogP contribution in [0.5, 0.6) is 0 Å². The van der Waals surface area contributed by atoms with Gasteiger partial charge in [-0.2, -0.15) is 0 Å².